The number of nitrogens with two attached hydrogens (primary N) is 1. The van der Waals surface area contributed by atoms with Crippen molar-refractivity contribution in [2.45, 2.75) is 51.1 Å². The molecule has 0 fully saturated rings. The number of pyridine rings is 4. The van der Waals surface area contributed by atoms with Gasteiger partial charge in [0.15, 0.2) is 0 Å². The smallest absolute Gasteiger partial charge is 0.373 e. The van der Waals surface area contributed by atoms with E-state index in [0.717, 1.165) is 57.3 Å². The van der Waals surface area contributed by atoms with Gasteiger partial charge in [-0.25, -0.2) is 0 Å². The second-order valence-electron chi connectivity index (χ2n) is 9.27. The number of hydrogen-bond acceptors (Lipinski definition) is 15. The molecule has 48 heavy (non-hydrogen) atoms. The fourth-order valence-corrected chi connectivity index (χ4v) is 7.15. The summed E-state index contributed by atoms with van der Waals surface area (Å²) in [7, 11) is -0.419. The normalized spacial score (nSPS) is 10.1. The van der Waals surface area contributed by atoms with E-state index in [9.17, 15) is 0 Å². The van der Waals surface area contributed by atoms with Crippen molar-refractivity contribution in [2.24, 2.45) is 5.73 Å². The highest BCUT2D eigenvalue weighted by atomic mass is 32.2. The van der Waals surface area contributed by atoms with E-state index >= 15 is 0 Å². The monoisotopic (exact) mass is 766 g/mol. The lowest BCUT2D eigenvalue weighted by molar-refractivity contribution is 0.273. The molecule has 9 nitrogen and oxygen atoms in total. The second kappa shape index (κ2) is 29.3. The van der Waals surface area contributed by atoms with Crippen molar-refractivity contribution in [3.05, 3.63) is 96.1 Å². The van der Waals surface area contributed by atoms with Gasteiger partial charge in [-0.3, -0.25) is 19.9 Å². The number of thioether (sulfide) groups is 5. The molecule has 0 aliphatic heterocycles. The Labute approximate surface area is 313 Å². The Hall–Kier alpha value is -1.44. The van der Waals surface area contributed by atoms with Crippen LogP contribution in [-0.2, 0) is 24.7 Å². The molecule has 4 aromatic heterocycles. The number of aliphatic hydroxyl groups excluding tert-OH is 2. The van der Waals surface area contributed by atoms with Gasteiger partial charge in [0.2, 0.25) is 0 Å². The zero-order valence-electron chi connectivity index (χ0n) is 27.9. The maximum absolute atomic E-state index is 9.01. The number of nitrogens with one attached hydrogen (secondary N) is 1. The molecule has 262 valence electrons. The molecule has 0 aliphatic carbocycles. The number of aliphatic hydroxyl groups is 2. The Morgan fingerprint density at radius 1 is 0.688 bits per heavy atom. The molecule has 4 rings (SSSR count). The van der Waals surface area contributed by atoms with E-state index in [4.69, 9.17) is 21.0 Å². The Bertz CT molecular complexity index is 1380. The van der Waals surface area contributed by atoms with Gasteiger partial charge >= 0.3 is 7.05 Å². The van der Waals surface area contributed by atoms with E-state index in [1.807, 2.05) is 66.4 Å². The summed E-state index contributed by atoms with van der Waals surface area (Å²) in [5, 5.41) is 29.4. The quantitative estimate of drug-likeness (QED) is 0.0370. The third kappa shape index (κ3) is 19.7. The Morgan fingerprint density at radius 3 is 1.48 bits per heavy atom. The summed E-state index contributed by atoms with van der Waals surface area (Å²) in [4.78, 5) is 20.9. The minimum atomic E-state index is -0.419. The van der Waals surface area contributed by atoms with Crippen molar-refractivity contribution in [3.8, 4) is 0 Å². The van der Waals surface area contributed by atoms with Crippen molar-refractivity contribution in [2.75, 3.05) is 43.4 Å². The number of nitrogens with zero attached hydrogens (tertiary/aromatic N) is 4. The van der Waals surface area contributed by atoms with Crippen LogP contribution < -0.4 is 11.0 Å². The maximum Gasteiger partial charge on any atom is 0.373 e. The van der Waals surface area contributed by atoms with Crippen molar-refractivity contribution in [1.29, 1.82) is 0 Å². The van der Waals surface area contributed by atoms with Gasteiger partial charge in [-0.1, -0.05) is 0 Å². The molecule has 4 heterocycles. The van der Waals surface area contributed by atoms with Crippen LogP contribution in [0, 0.1) is 0 Å². The van der Waals surface area contributed by atoms with E-state index in [2.05, 4.69) is 62.4 Å². The van der Waals surface area contributed by atoms with Gasteiger partial charge in [0, 0.05) is 73.9 Å². The molecule has 6 N–H and O–H groups in total. The summed E-state index contributed by atoms with van der Waals surface area (Å²) in [6.07, 6.45) is 13.1. The molecule has 0 bridgehead atoms. The average Bonchev–Trinajstić information content (AvgIpc) is 3.12. The van der Waals surface area contributed by atoms with Crippen LogP contribution in [0.1, 0.15) is 22.8 Å². The lowest BCUT2D eigenvalue weighted by Crippen LogP contribution is -2.32. The largest absolute Gasteiger partial charge is 0.437 e. The Kier molecular flexibility index (Phi) is 27.2. The summed E-state index contributed by atoms with van der Waals surface area (Å²) >= 11 is 12.8. The van der Waals surface area contributed by atoms with Crippen LogP contribution in [0.5, 0.6) is 0 Å². The maximum atomic E-state index is 9.01. The summed E-state index contributed by atoms with van der Waals surface area (Å²) < 4.78 is 0. The van der Waals surface area contributed by atoms with Crippen LogP contribution in [0.15, 0.2) is 92.9 Å². The topological polar surface area (TPSA) is 150 Å². The van der Waals surface area contributed by atoms with Crippen LogP contribution >= 0.6 is 71.4 Å². The second-order valence-corrected chi connectivity index (χ2v) is 14.5. The van der Waals surface area contributed by atoms with Gasteiger partial charge in [-0.05, 0) is 80.7 Å². The number of rotatable bonds is 15. The number of thiol groups is 1. The molecular weight excluding hydrogens is 720 g/mol. The zero-order chi connectivity index (χ0) is 35.4. The molecule has 0 spiro atoms. The lowest BCUT2D eigenvalue weighted by atomic mass is 9.89. The van der Waals surface area contributed by atoms with Crippen molar-refractivity contribution in [1.82, 2.24) is 25.2 Å². The first kappa shape index (κ1) is 44.6. The van der Waals surface area contributed by atoms with Crippen molar-refractivity contribution in [3.63, 3.8) is 0 Å². The highest BCUT2D eigenvalue weighted by Crippen LogP contribution is 2.22. The van der Waals surface area contributed by atoms with E-state index in [0.29, 0.717) is 5.69 Å². The minimum absolute atomic E-state index is 0.0248. The van der Waals surface area contributed by atoms with Crippen molar-refractivity contribution < 1.29 is 15.2 Å². The highest BCUT2D eigenvalue weighted by Gasteiger charge is 2.04. The molecule has 16 heteroatoms. The summed E-state index contributed by atoms with van der Waals surface area (Å²) in [5.74, 6) is 3.88. The molecule has 0 aliphatic rings. The fourth-order valence-electron chi connectivity index (χ4n) is 3.48. The van der Waals surface area contributed by atoms with Gasteiger partial charge < -0.3 is 26.2 Å². The average molecular weight is 767 g/mol. The van der Waals surface area contributed by atoms with Crippen LogP contribution in [0.25, 0.3) is 0 Å². The predicted octanol–water partition coefficient (Wildman–Crippen LogP) is 5.89. The molecular formula is C32H47BN6O3S6. The first-order chi connectivity index (χ1) is 23.3. The fraction of sp³-hybridized carbons (Fsp3) is 0.375. The van der Waals surface area contributed by atoms with Crippen LogP contribution in [-0.4, -0.2) is 85.6 Å². The third-order valence-corrected chi connectivity index (χ3v) is 10.6. The summed E-state index contributed by atoms with van der Waals surface area (Å²) in [5.41, 5.74) is 9.13. The van der Waals surface area contributed by atoms with E-state index in [1.54, 1.807) is 66.6 Å². The molecule has 4 aromatic rings. The van der Waals surface area contributed by atoms with E-state index in [1.165, 1.54) is 15.5 Å². The number of hydrogen-bond donors (Lipinski definition) is 6. The standard InChI is InChI=1S/C10H17BN2OS2.C9H14N2S2.C7H9NOS.C6H7NOS/c1-11(14)13-6-7-16-8-9-10(15-2)4-3-5-12-9;1-12-9-3-2-5-11-8(9)7-13-6-4-10;1-10-7-3-2-4-8-6(7)5-9;8-4-5-6(9)2-1-3-7-5/h3-5,13-14H,6-8H2,1-2H3;2-3,5H,4,6-7,10H2,1H3;2-4,9H,5H2,1H3;1-3,8-9H,4H2. The predicted molar refractivity (Wildman–Crippen MR) is 215 cm³/mol. The summed E-state index contributed by atoms with van der Waals surface area (Å²) in [6.45, 7) is 3.28. The number of aromatic nitrogens is 4. The SMILES string of the molecule is CSc1cccnc1CO.CSc1cccnc1CSCCN.CSc1cccnc1CSCCNB(C)O.OCc1ncccc1S. The Balaban J connectivity index is 0.000000328. The Morgan fingerprint density at radius 2 is 1.10 bits per heavy atom. The molecule has 0 amide bonds. The first-order valence-electron chi connectivity index (χ1n) is 14.9. The first-order valence-corrected chi connectivity index (χ1v) is 21.3. The molecule has 0 atom stereocenters. The third-order valence-electron chi connectivity index (χ3n) is 5.80. The van der Waals surface area contributed by atoms with Crippen LogP contribution in [0.4, 0.5) is 0 Å². The molecule has 0 aromatic carbocycles. The molecule has 0 unspecified atom stereocenters. The van der Waals surface area contributed by atoms with Gasteiger partial charge in [0.1, 0.15) is 0 Å². The summed E-state index contributed by atoms with van der Waals surface area (Å²) in [6, 6.07) is 15.5. The zero-order valence-corrected chi connectivity index (χ0v) is 32.8. The van der Waals surface area contributed by atoms with Gasteiger partial charge in [-0.2, -0.15) is 23.5 Å². The van der Waals surface area contributed by atoms with E-state index in [-0.39, 0.29) is 13.2 Å². The van der Waals surface area contributed by atoms with Crippen LogP contribution in [0.2, 0.25) is 6.82 Å². The molecule has 0 radical (unpaired) electrons. The lowest BCUT2D eigenvalue weighted by Gasteiger charge is -2.06. The van der Waals surface area contributed by atoms with Gasteiger partial charge in [0.25, 0.3) is 0 Å². The van der Waals surface area contributed by atoms with E-state index < -0.39 is 7.05 Å². The van der Waals surface area contributed by atoms with Gasteiger partial charge in [0.05, 0.1) is 36.0 Å². The van der Waals surface area contributed by atoms with Crippen molar-refractivity contribution >= 4 is 78.5 Å². The molecule has 0 saturated heterocycles. The van der Waals surface area contributed by atoms with Gasteiger partial charge in [-0.15, -0.1) is 47.9 Å². The minimum Gasteiger partial charge on any atom is -0.437 e. The molecule has 0 saturated carbocycles. The highest BCUT2D eigenvalue weighted by molar-refractivity contribution is 8.00. The van der Waals surface area contributed by atoms with Crippen LogP contribution in [0.3, 0.4) is 0 Å².